The number of rotatable bonds is 5. The van der Waals surface area contributed by atoms with Gasteiger partial charge in [0.1, 0.15) is 0 Å². The average molecular weight is 252 g/mol. The van der Waals surface area contributed by atoms with Crippen LogP contribution in [-0.4, -0.2) is 36.6 Å². The Morgan fingerprint density at radius 3 is 2.61 bits per heavy atom. The smallest absolute Gasteiger partial charge is 0.0195 e. The summed E-state index contributed by atoms with van der Waals surface area (Å²) >= 11 is 0. The van der Waals surface area contributed by atoms with Crippen molar-refractivity contribution < 1.29 is 0 Å². The highest BCUT2D eigenvalue weighted by atomic mass is 15.2. The Balaban J connectivity index is 1.98. The molecule has 0 aromatic rings. The van der Waals surface area contributed by atoms with Crippen LogP contribution >= 0.6 is 0 Å². The summed E-state index contributed by atoms with van der Waals surface area (Å²) in [7, 11) is 0. The van der Waals surface area contributed by atoms with E-state index in [1.807, 2.05) is 0 Å². The van der Waals surface area contributed by atoms with Gasteiger partial charge in [-0.3, -0.25) is 4.90 Å². The molecule has 1 aliphatic carbocycles. The maximum Gasteiger partial charge on any atom is 0.0195 e. The van der Waals surface area contributed by atoms with Crippen LogP contribution in [0.25, 0.3) is 0 Å². The van der Waals surface area contributed by atoms with Crippen LogP contribution in [0.3, 0.4) is 0 Å². The molecular weight excluding hydrogens is 220 g/mol. The van der Waals surface area contributed by atoms with Gasteiger partial charge < -0.3 is 5.32 Å². The van der Waals surface area contributed by atoms with Gasteiger partial charge in [0.05, 0.1) is 0 Å². The van der Waals surface area contributed by atoms with E-state index in [1.54, 1.807) is 0 Å². The van der Waals surface area contributed by atoms with Crippen LogP contribution in [0.4, 0.5) is 0 Å². The van der Waals surface area contributed by atoms with Crippen molar-refractivity contribution in [3.8, 4) is 0 Å². The number of nitrogens with one attached hydrogen (secondary N) is 1. The molecule has 0 aromatic heterocycles. The highest BCUT2D eigenvalue weighted by molar-refractivity contribution is 4.91. The van der Waals surface area contributed by atoms with Crippen molar-refractivity contribution in [2.45, 2.75) is 77.8 Å². The average Bonchev–Trinajstić information content (AvgIpc) is 2.81. The second-order valence-corrected chi connectivity index (χ2v) is 7.04. The molecule has 0 aromatic carbocycles. The van der Waals surface area contributed by atoms with Gasteiger partial charge >= 0.3 is 0 Å². The van der Waals surface area contributed by atoms with Crippen LogP contribution in [0.15, 0.2) is 0 Å². The Kier molecular flexibility index (Phi) is 5.08. The van der Waals surface area contributed by atoms with Crippen LogP contribution in [0.5, 0.6) is 0 Å². The first-order valence-corrected chi connectivity index (χ1v) is 8.11. The molecule has 2 aliphatic rings. The van der Waals surface area contributed by atoms with Crippen LogP contribution < -0.4 is 5.32 Å². The predicted molar refractivity (Wildman–Crippen MR) is 78.9 cm³/mol. The summed E-state index contributed by atoms with van der Waals surface area (Å²) in [4.78, 5) is 2.81. The quantitative estimate of drug-likeness (QED) is 0.806. The molecule has 0 spiro atoms. The fourth-order valence-electron chi connectivity index (χ4n) is 4.01. The summed E-state index contributed by atoms with van der Waals surface area (Å²) in [6.07, 6.45) is 9.75. The lowest BCUT2D eigenvalue weighted by molar-refractivity contribution is 0.0433. The van der Waals surface area contributed by atoms with Gasteiger partial charge in [0.25, 0.3) is 0 Å². The summed E-state index contributed by atoms with van der Waals surface area (Å²) in [6, 6.07) is 1.57. The van der Waals surface area contributed by atoms with E-state index in [9.17, 15) is 0 Å². The van der Waals surface area contributed by atoms with Gasteiger partial charge in [0.15, 0.2) is 0 Å². The Morgan fingerprint density at radius 1 is 1.17 bits per heavy atom. The summed E-state index contributed by atoms with van der Waals surface area (Å²) in [6.45, 7) is 11.1. The maximum atomic E-state index is 3.67. The molecule has 2 nitrogen and oxygen atoms in total. The van der Waals surface area contributed by atoms with Gasteiger partial charge in [0, 0.05) is 18.6 Å². The lowest BCUT2D eigenvalue weighted by atomic mass is 9.72. The topological polar surface area (TPSA) is 15.3 Å². The van der Waals surface area contributed by atoms with Gasteiger partial charge in [-0.05, 0) is 50.6 Å². The molecule has 1 saturated heterocycles. The Hall–Kier alpha value is -0.0800. The van der Waals surface area contributed by atoms with Gasteiger partial charge in [-0.15, -0.1) is 0 Å². The molecule has 0 radical (unpaired) electrons. The first kappa shape index (κ1) is 14.3. The molecule has 18 heavy (non-hydrogen) atoms. The zero-order valence-electron chi connectivity index (χ0n) is 12.7. The molecular formula is C16H32N2. The van der Waals surface area contributed by atoms with E-state index in [1.165, 1.54) is 64.6 Å². The third-order valence-corrected chi connectivity index (χ3v) is 5.02. The van der Waals surface area contributed by atoms with E-state index < -0.39 is 0 Å². The fraction of sp³-hybridized carbons (Fsp3) is 1.00. The van der Waals surface area contributed by atoms with Crippen molar-refractivity contribution in [2.75, 3.05) is 19.6 Å². The number of nitrogens with zero attached hydrogens (tertiary/aromatic N) is 1. The van der Waals surface area contributed by atoms with Crippen molar-refractivity contribution >= 4 is 0 Å². The molecule has 0 bridgehead atoms. The Morgan fingerprint density at radius 2 is 2.00 bits per heavy atom. The van der Waals surface area contributed by atoms with Crippen molar-refractivity contribution in [1.29, 1.82) is 0 Å². The maximum absolute atomic E-state index is 3.67. The molecule has 0 amide bonds. The molecule has 2 rings (SSSR count). The molecule has 2 heteroatoms. The minimum absolute atomic E-state index is 0.520. The molecule has 2 fully saturated rings. The first-order valence-electron chi connectivity index (χ1n) is 8.11. The monoisotopic (exact) mass is 252 g/mol. The Labute approximate surface area is 114 Å². The largest absolute Gasteiger partial charge is 0.313 e. The molecule has 106 valence electrons. The van der Waals surface area contributed by atoms with Crippen molar-refractivity contribution in [3.05, 3.63) is 0 Å². The summed E-state index contributed by atoms with van der Waals surface area (Å²) < 4.78 is 0. The first-order chi connectivity index (χ1) is 8.63. The molecule has 1 aliphatic heterocycles. The van der Waals surface area contributed by atoms with E-state index in [4.69, 9.17) is 0 Å². The zero-order chi connectivity index (χ0) is 13.0. The van der Waals surface area contributed by atoms with Crippen LogP contribution in [0, 0.1) is 5.41 Å². The SMILES string of the molecule is CCCN(CC1CCCN1)C1CCCCC1(C)C. The minimum atomic E-state index is 0.520. The normalized spacial score (nSPS) is 32.0. The lowest BCUT2D eigenvalue weighted by Gasteiger charge is -2.46. The van der Waals surface area contributed by atoms with Gasteiger partial charge in [-0.25, -0.2) is 0 Å². The van der Waals surface area contributed by atoms with Crippen LogP contribution in [-0.2, 0) is 0 Å². The molecule has 1 N–H and O–H groups in total. The standard InChI is InChI=1S/C16H32N2/c1-4-12-18(13-14-8-7-11-17-14)15-9-5-6-10-16(15,2)3/h14-15,17H,4-13H2,1-3H3. The summed E-state index contributed by atoms with van der Waals surface area (Å²) in [5, 5.41) is 3.67. The van der Waals surface area contributed by atoms with Gasteiger partial charge in [-0.1, -0.05) is 33.6 Å². The van der Waals surface area contributed by atoms with E-state index in [0.29, 0.717) is 5.41 Å². The zero-order valence-corrected chi connectivity index (χ0v) is 12.7. The third-order valence-electron chi connectivity index (χ3n) is 5.02. The van der Waals surface area contributed by atoms with E-state index in [0.717, 1.165) is 12.1 Å². The van der Waals surface area contributed by atoms with E-state index >= 15 is 0 Å². The second-order valence-electron chi connectivity index (χ2n) is 7.04. The summed E-state index contributed by atoms with van der Waals surface area (Å²) in [5.74, 6) is 0. The second kappa shape index (κ2) is 6.38. The number of hydrogen-bond donors (Lipinski definition) is 1. The Bertz CT molecular complexity index is 243. The molecule has 2 unspecified atom stereocenters. The highest BCUT2D eigenvalue weighted by Crippen LogP contribution is 2.38. The van der Waals surface area contributed by atoms with Gasteiger partial charge in [-0.2, -0.15) is 0 Å². The van der Waals surface area contributed by atoms with E-state index in [-0.39, 0.29) is 0 Å². The molecule has 1 heterocycles. The molecule has 1 saturated carbocycles. The molecule has 2 atom stereocenters. The number of hydrogen-bond acceptors (Lipinski definition) is 2. The fourth-order valence-corrected chi connectivity index (χ4v) is 4.01. The van der Waals surface area contributed by atoms with Crippen molar-refractivity contribution in [3.63, 3.8) is 0 Å². The predicted octanol–water partition coefficient (Wildman–Crippen LogP) is 3.42. The minimum Gasteiger partial charge on any atom is -0.313 e. The lowest BCUT2D eigenvalue weighted by Crippen LogP contribution is -2.51. The third kappa shape index (κ3) is 3.48. The van der Waals surface area contributed by atoms with Crippen LogP contribution in [0.1, 0.15) is 65.7 Å². The van der Waals surface area contributed by atoms with Gasteiger partial charge in [0.2, 0.25) is 0 Å². The van der Waals surface area contributed by atoms with Crippen LogP contribution in [0.2, 0.25) is 0 Å². The van der Waals surface area contributed by atoms with Crippen molar-refractivity contribution in [2.24, 2.45) is 5.41 Å². The van der Waals surface area contributed by atoms with Crippen molar-refractivity contribution in [1.82, 2.24) is 10.2 Å². The van der Waals surface area contributed by atoms with E-state index in [2.05, 4.69) is 31.0 Å². The summed E-state index contributed by atoms with van der Waals surface area (Å²) in [5.41, 5.74) is 0.520. The highest BCUT2D eigenvalue weighted by Gasteiger charge is 2.36.